The van der Waals surface area contributed by atoms with Crippen molar-refractivity contribution >= 4 is 62.7 Å². The van der Waals surface area contributed by atoms with Crippen molar-refractivity contribution in [1.29, 1.82) is 0 Å². The zero-order valence-electron chi connectivity index (χ0n) is 8.48. The van der Waals surface area contributed by atoms with Gasteiger partial charge in [-0.05, 0) is 24.3 Å². The zero-order valence-corrected chi connectivity index (χ0v) is 11.7. The van der Waals surface area contributed by atoms with Crippen molar-refractivity contribution in [3.8, 4) is 0 Å². The third-order valence-corrected chi connectivity index (χ3v) is 5.72. The van der Waals surface area contributed by atoms with Crippen LogP contribution in [0.2, 0.25) is 10.0 Å². The summed E-state index contributed by atoms with van der Waals surface area (Å²) >= 11 is 17.6. The Morgan fingerprint density at radius 2 is 1.35 bits per heavy atom. The number of benzene rings is 2. The van der Waals surface area contributed by atoms with Crippen molar-refractivity contribution in [1.82, 2.24) is 0 Å². The molecule has 1 nitrogen and oxygen atoms in total. The highest BCUT2D eigenvalue weighted by Gasteiger charge is 2.15. The van der Waals surface area contributed by atoms with E-state index in [0.29, 0.717) is 10.0 Å². The molecule has 1 aromatic heterocycles. The van der Waals surface area contributed by atoms with Gasteiger partial charge < -0.3 is 4.42 Å². The highest BCUT2D eigenvalue weighted by atomic mass is 35.5. The lowest BCUT2D eigenvalue weighted by molar-refractivity contribution is 0.663. The van der Waals surface area contributed by atoms with E-state index in [-0.39, 0.29) is 0 Å². The van der Waals surface area contributed by atoms with Crippen LogP contribution in [0.1, 0.15) is 0 Å². The van der Waals surface area contributed by atoms with Crippen LogP contribution in [0.3, 0.4) is 0 Å². The number of halogens is 2. The van der Waals surface area contributed by atoms with Crippen LogP contribution < -0.4 is 0 Å². The van der Waals surface area contributed by atoms with E-state index < -0.39 is 6.31 Å². The summed E-state index contributed by atoms with van der Waals surface area (Å²) in [5.41, 5.74) is 1.59. The fourth-order valence-corrected chi connectivity index (χ4v) is 4.48. The van der Waals surface area contributed by atoms with Gasteiger partial charge in [-0.1, -0.05) is 23.2 Å². The predicted octanol–water partition coefficient (Wildman–Crippen LogP) is 6.40. The van der Waals surface area contributed by atoms with E-state index >= 15 is 0 Å². The maximum Gasteiger partial charge on any atom is 0.258 e. The smallest absolute Gasteiger partial charge is 0.258 e. The van der Waals surface area contributed by atoms with Crippen molar-refractivity contribution < 1.29 is 4.42 Å². The molecule has 3 rings (SSSR count). The van der Waals surface area contributed by atoms with Crippen LogP contribution in [0.4, 0.5) is 0 Å². The number of rotatable bonds is 0. The third kappa shape index (κ3) is 1.96. The fraction of sp³-hybridized carbons (Fsp3) is 0. The molecule has 0 saturated carbocycles. The van der Waals surface area contributed by atoms with E-state index in [1.54, 1.807) is 12.1 Å². The van der Waals surface area contributed by atoms with Gasteiger partial charge in [-0.3, -0.25) is 0 Å². The standard InChI is InChI=1S/C12H6Cl2OPS/c13-7-1-3-9-11(5-7)16(17)12-6-8(14)2-4-10(12)15-9/h1-6H/q+1. The molecule has 0 radical (unpaired) electrons. The van der Waals surface area contributed by atoms with E-state index in [9.17, 15) is 0 Å². The van der Waals surface area contributed by atoms with Crippen LogP contribution in [0.25, 0.3) is 21.4 Å². The summed E-state index contributed by atoms with van der Waals surface area (Å²) in [6.45, 7) is 0. The summed E-state index contributed by atoms with van der Waals surface area (Å²) in [4.78, 5) is 0. The minimum absolute atomic E-state index is 0.676. The van der Waals surface area contributed by atoms with Crippen LogP contribution >= 0.6 is 41.3 Å². The van der Waals surface area contributed by atoms with E-state index in [1.807, 2.05) is 24.3 Å². The van der Waals surface area contributed by atoms with Gasteiger partial charge >= 0.3 is 0 Å². The molecule has 0 fully saturated rings. The van der Waals surface area contributed by atoms with Gasteiger partial charge in [0.25, 0.3) is 6.31 Å². The fourth-order valence-electron chi connectivity index (χ4n) is 1.72. The molecule has 0 atom stereocenters. The first-order chi connectivity index (χ1) is 8.15. The number of hydrogen-bond acceptors (Lipinski definition) is 2. The molecule has 0 aliphatic carbocycles. The van der Waals surface area contributed by atoms with Crippen molar-refractivity contribution in [2.24, 2.45) is 0 Å². The Bertz CT molecular complexity index is 734. The van der Waals surface area contributed by atoms with Gasteiger partial charge in [0, 0.05) is 22.2 Å². The van der Waals surface area contributed by atoms with Crippen LogP contribution in [0, 0.1) is 0 Å². The topological polar surface area (TPSA) is 13.1 Å². The van der Waals surface area contributed by atoms with Crippen LogP contribution in [-0.4, -0.2) is 0 Å². The van der Waals surface area contributed by atoms with Crippen molar-refractivity contribution in [2.75, 3.05) is 0 Å². The normalized spacial score (nSPS) is 11.2. The van der Waals surface area contributed by atoms with Gasteiger partial charge in [0.15, 0.2) is 23.0 Å². The summed E-state index contributed by atoms with van der Waals surface area (Å²) in [6, 6.07) is 11.1. The van der Waals surface area contributed by atoms with E-state index in [0.717, 1.165) is 21.4 Å². The van der Waals surface area contributed by atoms with Crippen LogP contribution in [0.5, 0.6) is 0 Å². The highest BCUT2D eigenvalue weighted by molar-refractivity contribution is 8.17. The van der Waals surface area contributed by atoms with Gasteiger partial charge in [-0.15, -0.1) is 0 Å². The first-order valence-corrected chi connectivity index (χ1v) is 8.00. The molecule has 0 saturated heterocycles. The van der Waals surface area contributed by atoms with Crippen LogP contribution in [0.15, 0.2) is 40.8 Å². The van der Waals surface area contributed by atoms with Crippen LogP contribution in [-0.2, 0) is 0 Å². The average molecular weight is 300 g/mol. The summed E-state index contributed by atoms with van der Waals surface area (Å²) in [5.74, 6) is 0. The molecule has 84 valence electrons. The number of fused-ring (bicyclic) bond motifs is 2. The second-order valence-electron chi connectivity index (χ2n) is 3.62. The Hall–Kier alpha value is -0.660. The quantitative estimate of drug-likeness (QED) is 0.445. The minimum atomic E-state index is -0.866. The van der Waals surface area contributed by atoms with Gasteiger partial charge in [0.1, 0.15) is 0 Å². The summed E-state index contributed by atoms with van der Waals surface area (Å²) in [6.07, 6.45) is -0.866. The average Bonchev–Trinajstić information content (AvgIpc) is 2.32. The molecule has 5 heteroatoms. The summed E-state index contributed by atoms with van der Waals surface area (Å²) < 4.78 is 5.79. The minimum Gasteiger partial charge on any atom is -0.448 e. The SMILES string of the molecule is S=[p+]1c2cc(Cl)ccc2oc2ccc(Cl)cc21. The molecule has 0 bridgehead atoms. The number of hydrogen-bond donors (Lipinski definition) is 0. The first-order valence-electron chi connectivity index (χ1n) is 4.89. The maximum atomic E-state index is 5.98. The molecule has 0 spiro atoms. The Morgan fingerprint density at radius 1 is 0.882 bits per heavy atom. The molecule has 17 heavy (non-hydrogen) atoms. The van der Waals surface area contributed by atoms with Crippen molar-refractivity contribution in [3.05, 3.63) is 46.4 Å². The lowest BCUT2D eigenvalue weighted by Crippen LogP contribution is -1.73. The monoisotopic (exact) mass is 299 g/mol. The molecule has 3 aromatic rings. The van der Waals surface area contributed by atoms with E-state index in [4.69, 9.17) is 39.4 Å². The lowest BCUT2D eigenvalue weighted by Gasteiger charge is -1.96. The Balaban J connectivity index is 2.58. The van der Waals surface area contributed by atoms with Gasteiger partial charge in [0.05, 0.1) is 0 Å². The molecular formula is C12H6Cl2OPS+. The molecule has 0 unspecified atom stereocenters. The van der Waals surface area contributed by atoms with E-state index in [1.165, 1.54) is 0 Å². The molecule has 0 N–H and O–H groups in total. The Kier molecular flexibility index (Phi) is 2.84. The lowest BCUT2D eigenvalue weighted by atomic mass is 10.3. The van der Waals surface area contributed by atoms with Gasteiger partial charge in [-0.2, -0.15) is 0 Å². The molecule has 1 heterocycles. The van der Waals surface area contributed by atoms with E-state index in [2.05, 4.69) is 0 Å². The zero-order chi connectivity index (χ0) is 12.0. The maximum absolute atomic E-state index is 5.98. The van der Waals surface area contributed by atoms with Crippen molar-refractivity contribution in [3.63, 3.8) is 0 Å². The molecule has 0 amide bonds. The Labute approximate surface area is 113 Å². The van der Waals surface area contributed by atoms with Gasteiger partial charge in [-0.25, -0.2) is 0 Å². The molecular weight excluding hydrogens is 294 g/mol. The second-order valence-corrected chi connectivity index (χ2v) is 7.14. The molecule has 0 aliphatic rings. The Morgan fingerprint density at radius 3 is 1.82 bits per heavy atom. The van der Waals surface area contributed by atoms with Gasteiger partial charge in [0.2, 0.25) is 10.2 Å². The second kappa shape index (κ2) is 4.22. The summed E-state index contributed by atoms with van der Waals surface area (Å²) in [7, 11) is 0. The van der Waals surface area contributed by atoms with Crippen molar-refractivity contribution in [2.45, 2.75) is 0 Å². The largest absolute Gasteiger partial charge is 0.448 e. The predicted molar refractivity (Wildman–Crippen MR) is 78.3 cm³/mol. The first kappa shape index (κ1) is 11.4. The molecule has 2 aromatic carbocycles. The highest BCUT2D eigenvalue weighted by Crippen LogP contribution is 2.41. The molecule has 0 aliphatic heterocycles. The third-order valence-electron chi connectivity index (χ3n) is 2.50. The summed E-state index contributed by atoms with van der Waals surface area (Å²) in [5, 5.41) is 3.32.